The number of halogens is 1. The third-order valence-corrected chi connectivity index (χ3v) is 6.53. The van der Waals surface area contributed by atoms with Crippen molar-refractivity contribution in [1.82, 2.24) is 14.9 Å². The number of aryl methyl sites for hydroxylation is 1. The number of unbranched alkanes of at least 4 members (excludes halogenated alkanes) is 1. The molecule has 1 aromatic carbocycles. The highest BCUT2D eigenvalue weighted by Gasteiger charge is 2.34. The van der Waals surface area contributed by atoms with Crippen LogP contribution >= 0.6 is 0 Å². The van der Waals surface area contributed by atoms with E-state index in [-0.39, 0.29) is 17.2 Å². The smallest absolute Gasteiger partial charge is 0.263 e. The van der Waals surface area contributed by atoms with E-state index in [1.54, 1.807) is 29.2 Å². The molecule has 3 heterocycles. The Kier molecular flexibility index (Phi) is 7.57. The minimum atomic E-state index is -0.542. The normalized spacial score (nSPS) is 15.2. The van der Waals surface area contributed by atoms with Gasteiger partial charge in [0.2, 0.25) is 5.88 Å². The zero-order valence-corrected chi connectivity index (χ0v) is 20.6. The Morgan fingerprint density at radius 2 is 1.86 bits per heavy atom. The molecular formula is C27H30FN3O5. The summed E-state index contributed by atoms with van der Waals surface area (Å²) in [4.78, 5) is 23.6. The maximum Gasteiger partial charge on any atom is 0.263 e. The number of aromatic nitrogens is 2. The van der Waals surface area contributed by atoms with Gasteiger partial charge in [-0.05, 0) is 43.5 Å². The van der Waals surface area contributed by atoms with Gasteiger partial charge in [-0.2, -0.15) is 0 Å². The second-order valence-electron chi connectivity index (χ2n) is 8.76. The monoisotopic (exact) mass is 495 g/mol. The van der Waals surface area contributed by atoms with Gasteiger partial charge in [-0.25, -0.2) is 9.37 Å². The topological polar surface area (TPSA) is 105 Å². The first-order valence-electron chi connectivity index (χ1n) is 12.0. The summed E-state index contributed by atoms with van der Waals surface area (Å²) in [6, 6.07) is 8.18. The number of benzene rings is 1. The number of pyridine rings is 2. The zero-order valence-electron chi connectivity index (χ0n) is 20.6. The minimum Gasteiger partial charge on any atom is -0.506 e. The summed E-state index contributed by atoms with van der Waals surface area (Å²) in [5.41, 5.74) is 1.62. The quantitative estimate of drug-likeness (QED) is 0.467. The van der Waals surface area contributed by atoms with E-state index in [9.17, 15) is 19.4 Å². The summed E-state index contributed by atoms with van der Waals surface area (Å²) >= 11 is 0. The number of aromatic hydroxyl groups is 2. The van der Waals surface area contributed by atoms with Crippen molar-refractivity contribution in [2.45, 2.75) is 38.5 Å². The van der Waals surface area contributed by atoms with Crippen LogP contribution in [0.5, 0.6) is 23.1 Å². The van der Waals surface area contributed by atoms with E-state index in [0.29, 0.717) is 59.9 Å². The van der Waals surface area contributed by atoms with Crippen molar-refractivity contribution in [1.29, 1.82) is 0 Å². The fraction of sp³-hybridized carbons (Fsp3) is 0.370. The van der Waals surface area contributed by atoms with Crippen LogP contribution < -0.4 is 9.47 Å². The number of amides is 1. The van der Waals surface area contributed by atoms with Crippen molar-refractivity contribution >= 4 is 5.91 Å². The van der Waals surface area contributed by atoms with E-state index in [1.807, 2.05) is 6.92 Å². The fourth-order valence-electron chi connectivity index (χ4n) is 4.66. The second kappa shape index (κ2) is 10.8. The van der Waals surface area contributed by atoms with Crippen molar-refractivity contribution < 1.29 is 28.9 Å². The maximum atomic E-state index is 13.6. The highest BCUT2D eigenvalue weighted by molar-refractivity contribution is 6.02. The van der Waals surface area contributed by atoms with Gasteiger partial charge in [0.05, 0.1) is 37.2 Å². The summed E-state index contributed by atoms with van der Waals surface area (Å²) in [6.45, 7) is 2.74. The number of likely N-dealkylation sites (tertiary alicyclic amines) is 1. The van der Waals surface area contributed by atoms with Gasteiger partial charge in [0, 0.05) is 24.7 Å². The van der Waals surface area contributed by atoms with Crippen LogP contribution in [0.15, 0.2) is 36.5 Å². The molecule has 0 aliphatic carbocycles. The van der Waals surface area contributed by atoms with Crippen LogP contribution in [-0.2, 0) is 6.42 Å². The van der Waals surface area contributed by atoms with Crippen LogP contribution in [0.3, 0.4) is 0 Å². The number of carbonyl (C=O) groups is 1. The Labute approximate surface area is 209 Å². The van der Waals surface area contributed by atoms with E-state index in [1.165, 1.54) is 20.3 Å². The van der Waals surface area contributed by atoms with Gasteiger partial charge >= 0.3 is 0 Å². The molecule has 1 saturated heterocycles. The molecule has 2 aromatic heterocycles. The molecule has 0 spiro atoms. The molecule has 1 unspecified atom stereocenters. The molecule has 8 nitrogen and oxygen atoms in total. The van der Waals surface area contributed by atoms with Gasteiger partial charge in [0.25, 0.3) is 5.91 Å². The van der Waals surface area contributed by atoms with Crippen LogP contribution in [0.1, 0.15) is 53.8 Å². The Bertz CT molecular complexity index is 1230. The van der Waals surface area contributed by atoms with Crippen molar-refractivity contribution in [2.24, 2.45) is 0 Å². The first-order valence-corrected chi connectivity index (χ1v) is 12.0. The molecule has 0 bridgehead atoms. The van der Waals surface area contributed by atoms with E-state index in [4.69, 9.17) is 9.47 Å². The lowest BCUT2D eigenvalue weighted by Gasteiger charge is -2.22. The summed E-state index contributed by atoms with van der Waals surface area (Å²) in [7, 11) is 3.02. The molecule has 1 atom stereocenters. The number of hydrogen-bond donors (Lipinski definition) is 2. The molecule has 2 N–H and O–H groups in total. The van der Waals surface area contributed by atoms with Gasteiger partial charge in [0.15, 0.2) is 0 Å². The average molecular weight is 496 g/mol. The van der Waals surface area contributed by atoms with E-state index in [2.05, 4.69) is 9.97 Å². The first kappa shape index (κ1) is 25.2. The molecule has 36 heavy (non-hydrogen) atoms. The van der Waals surface area contributed by atoms with Crippen molar-refractivity contribution in [3.05, 3.63) is 59.3 Å². The number of nitrogens with zero attached hydrogens (tertiary/aromatic N) is 3. The third kappa shape index (κ3) is 4.78. The highest BCUT2D eigenvalue weighted by atomic mass is 19.1. The van der Waals surface area contributed by atoms with E-state index in [0.717, 1.165) is 19.0 Å². The number of carbonyl (C=O) groups excluding carboxylic acids is 1. The average Bonchev–Trinajstić information content (AvgIpc) is 3.38. The summed E-state index contributed by atoms with van der Waals surface area (Å²) in [6.07, 6.45) is 3.90. The van der Waals surface area contributed by atoms with Crippen LogP contribution in [0, 0.1) is 5.82 Å². The Balaban J connectivity index is 1.77. The minimum absolute atomic E-state index is 0.0793. The molecule has 1 amide bonds. The van der Waals surface area contributed by atoms with Gasteiger partial charge in [-0.1, -0.05) is 19.4 Å². The molecule has 4 rings (SSSR count). The molecule has 3 aromatic rings. The summed E-state index contributed by atoms with van der Waals surface area (Å²) in [5.74, 6) is -1.06. The van der Waals surface area contributed by atoms with Crippen LogP contribution in [0.4, 0.5) is 4.39 Å². The van der Waals surface area contributed by atoms with E-state index < -0.39 is 17.6 Å². The predicted molar refractivity (Wildman–Crippen MR) is 132 cm³/mol. The van der Waals surface area contributed by atoms with Gasteiger partial charge < -0.3 is 24.6 Å². The van der Waals surface area contributed by atoms with Crippen LogP contribution in [0.2, 0.25) is 0 Å². The van der Waals surface area contributed by atoms with Gasteiger partial charge in [-0.3, -0.25) is 9.78 Å². The lowest BCUT2D eigenvalue weighted by Crippen LogP contribution is -2.29. The molecule has 0 radical (unpaired) electrons. The molecule has 190 valence electrons. The first-order chi connectivity index (χ1) is 17.4. The third-order valence-electron chi connectivity index (χ3n) is 6.53. The van der Waals surface area contributed by atoms with Gasteiger partial charge in [0.1, 0.15) is 28.6 Å². The molecule has 1 fully saturated rings. The van der Waals surface area contributed by atoms with Crippen LogP contribution in [-0.4, -0.2) is 58.3 Å². The lowest BCUT2D eigenvalue weighted by atomic mass is 9.95. The number of hydrogen-bond acceptors (Lipinski definition) is 7. The maximum absolute atomic E-state index is 13.6. The standard InChI is InChI=1S/C27H30FN3O5/c1-4-5-7-19-22(23-20(35-2)8-6-9-21(23)36-3)25(32)24(26(33)30-19)27(34)31-13-12-16(15-31)18-11-10-17(28)14-29-18/h6,8-11,14,16H,4-5,7,12-13,15H2,1-3H3,(H2,30,32,33). The highest BCUT2D eigenvalue weighted by Crippen LogP contribution is 2.47. The number of rotatable bonds is 8. The molecule has 1 aliphatic heterocycles. The Morgan fingerprint density at radius 1 is 1.14 bits per heavy atom. The molecule has 9 heteroatoms. The summed E-state index contributed by atoms with van der Waals surface area (Å²) in [5, 5.41) is 22.3. The Morgan fingerprint density at radius 3 is 2.47 bits per heavy atom. The van der Waals surface area contributed by atoms with Crippen molar-refractivity contribution in [2.75, 3.05) is 27.3 Å². The zero-order chi connectivity index (χ0) is 25.8. The van der Waals surface area contributed by atoms with Gasteiger partial charge in [-0.15, -0.1) is 0 Å². The lowest BCUT2D eigenvalue weighted by molar-refractivity contribution is 0.0783. The molecular weight excluding hydrogens is 465 g/mol. The summed E-state index contributed by atoms with van der Waals surface area (Å²) < 4.78 is 24.4. The Hall–Kier alpha value is -3.88. The number of ether oxygens (including phenoxy) is 2. The van der Waals surface area contributed by atoms with Crippen molar-refractivity contribution in [3.63, 3.8) is 0 Å². The molecule has 1 aliphatic rings. The molecule has 0 saturated carbocycles. The van der Waals surface area contributed by atoms with E-state index >= 15 is 0 Å². The second-order valence-corrected chi connectivity index (χ2v) is 8.76. The largest absolute Gasteiger partial charge is 0.506 e. The van der Waals surface area contributed by atoms with Crippen molar-refractivity contribution in [3.8, 4) is 34.3 Å². The number of methoxy groups -OCH3 is 2. The van der Waals surface area contributed by atoms with Crippen LogP contribution in [0.25, 0.3) is 11.1 Å². The predicted octanol–water partition coefficient (Wildman–Crippen LogP) is 4.68. The SMILES string of the molecule is CCCCc1nc(O)c(C(=O)N2CCC(c3ccc(F)cn3)C2)c(O)c1-c1c(OC)cccc1OC. The fourth-order valence-corrected chi connectivity index (χ4v) is 4.66.